The third-order valence-corrected chi connectivity index (χ3v) is 8.75. The van der Waals surface area contributed by atoms with Crippen molar-refractivity contribution in [2.45, 2.75) is 82.5 Å². The van der Waals surface area contributed by atoms with Gasteiger partial charge in [-0.05, 0) is 75.7 Å². The van der Waals surface area contributed by atoms with Gasteiger partial charge in [0, 0.05) is 32.1 Å². The number of nitrogens with zero attached hydrogens (tertiary/aromatic N) is 2. The van der Waals surface area contributed by atoms with Gasteiger partial charge >= 0.3 is 0 Å². The Bertz CT molecular complexity index is 650. The highest BCUT2D eigenvalue weighted by molar-refractivity contribution is 5.79. The van der Waals surface area contributed by atoms with Crippen LogP contribution >= 0.6 is 0 Å². The lowest BCUT2D eigenvalue weighted by Gasteiger charge is -2.41. The SMILES string of the molecule is NCC1CCCC(C2CCN(C(=O)C3CCC(OCC(=O)N4C[C@@H](O)[C@@H](O)C4)CC3)CC2)C1. The second-order valence-electron chi connectivity index (χ2n) is 10.9. The fourth-order valence-electron chi connectivity index (χ4n) is 6.55. The van der Waals surface area contributed by atoms with E-state index >= 15 is 0 Å². The first-order valence-corrected chi connectivity index (χ1v) is 13.2. The fourth-order valence-corrected chi connectivity index (χ4v) is 6.55. The largest absolute Gasteiger partial charge is 0.388 e. The summed E-state index contributed by atoms with van der Waals surface area (Å²) in [7, 11) is 0. The number of β-amino-alcohol motifs (C(OH)–C–C–N with tert-alkyl or cyclic N) is 2. The number of aliphatic hydroxyl groups excluding tert-OH is 2. The molecule has 33 heavy (non-hydrogen) atoms. The van der Waals surface area contributed by atoms with Crippen molar-refractivity contribution in [3.8, 4) is 0 Å². The Morgan fingerprint density at radius 1 is 0.848 bits per heavy atom. The van der Waals surface area contributed by atoms with Crippen molar-refractivity contribution in [2.75, 3.05) is 39.3 Å². The number of aliphatic hydroxyl groups is 2. The van der Waals surface area contributed by atoms with E-state index in [9.17, 15) is 19.8 Å². The molecule has 0 aromatic rings. The zero-order chi connectivity index (χ0) is 23.4. The van der Waals surface area contributed by atoms with Crippen LogP contribution in [0.4, 0.5) is 0 Å². The third-order valence-electron chi connectivity index (χ3n) is 8.75. The van der Waals surface area contributed by atoms with E-state index in [1.54, 1.807) is 0 Å². The molecule has 0 bridgehead atoms. The number of ether oxygens (including phenoxy) is 1. The molecular weight excluding hydrogens is 422 g/mol. The van der Waals surface area contributed by atoms with Crippen LogP contribution < -0.4 is 5.73 Å². The highest BCUT2D eigenvalue weighted by Gasteiger charge is 2.36. The molecule has 0 radical (unpaired) electrons. The molecule has 2 unspecified atom stereocenters. The van der Waals surface area contributed by atoms with Crippen LogP contribution in [0.25, 0.3) is 0 Å². The molecule has 0 aromatic heterocycles. The van der Waals surface area contributed by atoms with Crippen LogP contribution in [0.2, 0.25) is 0 Å². The molecule has 188 valence electrons. The van der Waals surface area contributed by atoms with Crippen molar-refractivity contribution < 1.29 is 24.5 Å². The highest BCUT2D eigenvalue weighted by Crippen LogP contribution is 2.38. The van der Waals surface area contributed by atoms with Crippen molar-refractivity contribution in [1.29, 1.82) is 0 Å². The summed E-state index contributed by atoms with van der Waals surface area (Å²) < 4.78 is 5.81. The van der Waals surface area contributed by atoms with E-state index in [2.05, 4.69) is 4.90 Å². The van der Waals surface area contributed by atoms with E-state index in [1.165, 1.54) is 30.6 Å². The Morgan fingerprint density at radius 3 is 2.15 bits per heavy atom. The number of likely N-dealkylation sites (tertiary alicyclic amines) is 2. The first kappa shape index (κ1) is 24.9. The van der Waals surface area contributed by atoms with E-state index in [-0.39, 0.29) is 37.6 Å². The van der Waals surface area contributed by atoms with Crippen LogP contribution in [0.1, 0.15) is 64.2 Å². The first-order valence-electron chi connectivity index (χ1n) is 13.2. The van der Waals surface area contributed by atoms with Crippen LogP contribution in [-0.2, 0) is 14.3 Å². The van der Waals surface area contributed by atoms with Gasteiger partial charge in [0.05, 0.1) is 18.3 Å². The molecule has 4 rings (SSSR count). The van der Waals surface area contributed by atoms with Gasteiger partial charge in [-0.15, -0.1) is 0 Å². The molecule has 0 spiro atoms. The topological polar surface area (TPSA) is 116 Å². The summed E-state index contributed by atoms with van der Waals surface area (Å²) in [6, 6.07) is 0. The lowest BCUT2D eigenvalue weighted by molar-refractivity contribution is -0.142. The lowest BCUT2D eigenvalue weighted by Crippen LogP contribution is -2.44. The monoisotopic (exact) mass is 465 g/mol. The van der Waals surface area contributed by atoms with Gasteiger partial charge in [-0.25, -0.2) is 0 Å². The van der Waals surface area contributed by atoms with Gasteiger partial charge < -0.3 is 30.5 Å². The van der Waals surface area contributed by atoms with Crippen LogP contribution in [0.15, 0.2) is 0 Å². The number of nitrogens with two attached hydrogens (primary N) is 1. The molecule has 2 amide bonds. The minimum absolute atomic E-state index is 0.00276. The summed E-state index contributed by atoms with van der Waals surface area (Å²) in [4.78, 5) is 28.9. The molecule has 2 heterocycles. The van der Waals surface area contributed by atoms with Crippen LogP contribution in [0.5, 0.6) is 0 Å². The molecule has 4 atom stereocenters. The maximum Gasteiger partial charge on any atom is 0.248 e. The summed E-state index contributed by atoms with van der Waals surface area (Å²) in [5.74, 6) is 2.45. The van der Waals surface area contributed by atoms with Crippen LogP contribution in [0, 0.1) is 23.7 Å². The standard InChI is InChI=1S/C25H43N3O5/c26-13-17-2-1-3-20(12-17)18-8-10-27(11-9-18)25(32)19-4-6-21(7-5-19)33-16-24(31)28-14-22(29)23(30)15-28/h17-23,29-30H,1-16,26H2/t17?,19?,20?,21?,22-,23+. The van der Waals surface area contributed by atoms with Crippen molar-refractivity contribution in [2.24, 2.45) is 29.4 Å². The van der Waals surface area contributed by atoms with Crippen LogP contribution in [0.3, 0.4) is 0 Å². The molecule has 2 saturated heterocycles. The predicted octanol–water partition coefficient (Wildman–Crippen LogP) is 1.13. The van der Waals surface area contributed by atoms with Gasteiger partial charge in [0.15, 0.2) is 0 Å². The van der Waals surface area contributed by atoms with E-state index in [0.29, 0.717) is 11.8 Å². The Kier molecular flexibility index (Phi) is 8.65. The first-order chi connectivity index (χ1) is 15.9. The Morgan fingerprint density at radius 2 is 1.52 bits per heavy atom. The molecule has 8 nitrogen and oxygen atoms in total. The molecule has 4 N–H and O–H groups in total. The minimum Gasteiger partial charge on any atom is -0.388 e. The van der Waals surface area contributed by atoms with Crippen molar-refractivity contribution in [3.63, 3.8) is 0 Å². The second kappa shape index (κ2) is 11.5. The summed E-state index contributed by atoms with van der Waals surface area (Å²) in [5.41, 5.74) is 5.92. The molecule has 4 aliphatic rings. The van der Waals surface area contributed by atoms with E-state index in [1.807, 2.05) is 0 Å². The predicted molar refractivity (Wildman–Crippen MR) is 124 cm³/mol. The normalized spacial score (nSPS) is 36.2. The number of rotatable bonds is 6. The zero-order valence-electron chi connectivity index (χ0n) is 19.9. The molecule has 2 aliphatic heterocycles. The van der Waals surface area contributed by atoms with Gasteiger partial charge in [-0.3, -0.25) is 9.59 Å². The minimum atomic E-state index is -0.869. The molecular formula is C25H43N3O5. The average molecular weight is 466 g/mol. The summed E-state index contributed by atoms with van der Waals surface area (Å²) in [6.45, 7) is 2.91. The third kappa shape index (κ3) is 6.27. The number of hydrogen-bond acceptors (Lipinski definition) is 6. The highest BCUT2D eigenvalue weighted by atomic mass is 16.5. The van der Waals surface area contributed by atoms with Gasteiger partial charge in [0.1, 0.15) is 6.61 Å². The van der Waals surface area contributed by atoms with Gasteiger partial charge in [-0.2, -0.15) is 0 Å². The van der Waals surface area contributed by atoms with Gasteiger partial charge in [0.25, 0.3) is 0 Å². The maximum atomic E-state index is 13.1. The number of piperidine rings is 1. The Hall–Kier alpha value is -1.22. The van der Waals surface area contributed by atoms with Crippen molar-refractivity contribution in [1.82, 2.24) is 9.80 Å². The Balaban J connectivity index is 1.14. The maximum absolute atomic E-state index is 13.1. The number of hydrogen-bond donors (Lipinski definition) is 3. The molecule has 8 heteroatoms. The number of amides is 2. The second-order valence-corrected chi connectivity index (χ2v) is 10.9. The van der Waals surface area contributed by atoms with Gasteiger partial charge in [-0.1, -0.05) is 12.8 Å². The van der Waals surface area contributed by atoms with Gasteiger partial charge in [0.2, 0.25) is 11.8 Å². The van der Waals surface area contributed by atoms with E-state index in [4.69, 9.17) is 10.5 Å². The molecule has 0 aromatic carbocycles. The van der Waals surface area contributed by atoms with Crippen molar-refractivity contribution in [3.05, 3.63) is 0 Å². The quantitative estimate of drug-likeness (QED) is 0.542. The molecule has 2 aliphatic carbocycles. The number of carbonyl (C=O) groups is 2. The lowest BCUT2D eigenvalue weighted by atomic mass is 9.72. The molecule has 2 saturated carbocycles. The van der Waals surface area contributed by atoms with E-state index < -0.39 is 12.2 Å². The Labute approximate surface area is 197 Å². The molecule has 4 fully saturated rings. The van der Waals surface area contributed by atoms with Crippen molar-refractivity contribution >= 4 is 11.8 Å². The van der Waals surface area contributed by atoms with Crippen LogP contribution in [-0.4, -0.2) is 89.5 Å². The van der Waals surface area contributed by atoms with E-state index in [0.717, 1.165) is 70.0 Å². The average Bonchev–Trinajstić information content (AvgIpc) is 3.20. The summed E-state index contributed by atoms with van der Waals surface area (Å²) in [6.07, 6.45) is 8.98. The fraction of sp³-hybridized carbons (Fsp3) is 0.920. The summed E-state index contributed by atoms with van der Waals surface area (Å²) >= 11 is 0. The summed E-state index contributed by atoms with van der Waals surface area (Å²) in [5, 5.41) is 19.2. The zero-order valence-corrected chi connectivity index (χ0v) is 19.9. The smallest absolute Gasteiger partial charge is 0.248 e. The number of carbonyl (C=O) groups excluding carboxylic acids is 2.